The Bertz CT molecular complexity index is 1330. The molecule has 0 aliphatic carbocycles. The molecule has 0 radical (unpaired) electrons. The first-order chi connectivity index (χ1) is 17.4. The van der Waals surface area contributed by atoms with E-state index in [-0.39, 0.29) is 33.9 Å². The predicted molar refractivity (Wildman–Crippen MR) is 138 cm³/mol. The highest BCUT2D eigenvalue weighted by atomic mass is 35.5. The van der Waals surface area contributed by atoms with Crippen molar-refractivity contribution in [3.63, 3.8) is 0 Å². The van der Waals surface area contributed by atoms with Crippen molar-refractivity contribution in [1.82, 2.24) is 19.4 Å². The zero-order valence-corrected chi connectivity index (χ0v) is 22.3. The van der Waals surface area contributed by atoms with Crippen molar-refractivity contribution in [3.8, 4) is 0 Å². The third-order valence-corrected chi connectivity index (χ3v) is 8.04. The fraction of sp³-hybridized carbons (Fsp3) is 0.304. The molecule has 0 bridgehead atoms. The van der Waals surface area contributed by atoms with Gasteiger partial charge < -0.3 is 15.3 Å². The van der Waals surface area contributed by atoms with E-state index >= 15 is 0 Å². The van der Waals surface area contributed by atoms with Crippen molar-refractivity contribution >= 4 is 57.0 Å². The van der Waals surface area contributed by atoms with E-state index in [1.54, 1.807) is 31.3 Å². The minimum Gasteiger partial charge on any atom is -0.465 e. The van der Waals surface area contributed by atoms with Gasteiger partial charge in [-0.2, -0.15) is 4.31 Å². The summed E-state index contributed by atoms with van der Waals surface area (Å²) in [4.78, 5) is 42.7. The Labute approximate surface area is 224 Å². The molecule has 2 N–H and O–H groups in total. The molecule has 0 atom stereocenters. The minimum atomic E-state index is -4.05. The van der Waals surface area contributed by atoms with Gasteiger partial charge in [0.1, 0.15) is 10.7 Å². The van der Waals surface area contributed by atoms with Crippen LogP contribution in [0, 0.1) is 0 Å². The molecular formula is C23H25Cl2N5O6S. The molecule has 1 aliphatic heterocycles. The number of aliphatic imine (C=N–C) groups is 1. The SMILES string of the molecule is CN(Cc1ccc(C2=NCCN2C(=O)O)cc1)C(=O)CNC(=O)CN(C)S(=O)(=O)c1ccc(Cl)cc1Cl. The van der Waals surface area contributed by atoms with Gasteiger partial charge in [-0.3, -0.25) is 19.5 Å². The van der Waals surface area contributed by atoms with Crippen LogP contribution < -0.4 is 5.32 Å². The van der Waals surface area contributed by atoms with Gasteiger partial charge in [-0.05, 0) is 23.8 Å². The van der Waals surface area contributed by atoms with Gasteiger partial charge in [0.2, 0.25) is 21.8 Å². The zero-order chi connectivity index (χ0) is 27.3. The molecule has 37 heavy (non-hydrogen) atoms. The second-order valence-electron chi connectivity index (χ2n) is 8.20. The van der Waals surface area contributed by atoms with Crippen molar-refractivity contribution in [1.29, 1.82) is 0 Å². The van der Waals surface area contributed by atoms with E-state index in [0.29, 0.717) is 24.5 Å². The number of carbonyl (C=O) groups is 3. The molecule has 11 nitrogen and oxygen atoms in total. The number of nitrogens with one attached hydrogen (secondary N) is 1. The second-order valence-corrected chi connectivity index (χ2v) is 11.1. The van der Waals surface area contributed by atoms with E-state index in [1.807, 2.05) is 0 Å². The van der Waals surface area contributed by atoms with Crippen LogP contribution in [-0.4, -0.2) is 91.6 Å². The van der Waals surface area contributed by atoms with E-state index in [1.165, 1.54) is 35.0 Å². The van der Waals surface area contributed by atoms with Crippen LogP contribution in [0.2, 0.25) is 10.0 Å². The fourth-order valence-corrected chi connectivity index (χ4v) is 5.38. The Balaban J connectivity index is 1.51. The number of nitrogens with zero attached hydrogens (tertiary/aromatic N) is 4. The van der Waals surface area contributed by atoms with Crippen molar-refractivity contribution in [3.05, 3.63) is 63.6 Å². The lowest BCUT2D eigenvalue weighted by molar-refractivity contribution is -0.132. The van der Waals surface area contributed by atoms with Gasteiger partial charge in [0.05, 0.1) is 31.2 Å². The molecule has 1 heterocycles. The fourth-order valence-electron chi connectivity index (χ4n) is 3.51. The van der Waals surface area contributed by atoms with Crippen molar-refractivity contribution in [2.45, 2.75) is 11.4 Å². The lowest BCUT2D eigenvalue weighted by atomic mass is 10.1. The Morgan fingerprint density at radius 1 is 1.11 bits per heavy atom. The van der Waals surface area contributed by atoms with Gasteiger partial charge in [-0.25, -0.2) is 13.2 Å². The molecule has 14 heteroatoms. The minimum absolute atomic E-state index is 0.0694. The highest BCUT2D eigenvalue weighted by Crippen LogP contribution is 2.26. The van der Waals surface area contributed by atoms with Crippen LogP contribution in [0.15, 0.2) is 52.4 Å². The van der Waals surface area contributed by atoms with Crippen LogP contribution in [-0.2, 0) is 26.2 Å². The van der Waals surface area contributed by atoms with Gasteiger partial charge in [0, 0.05) is 31.2 Å². The third kappa shape index (κ3) is 6.98. The number of hydrogen-bond acceptors (Lipinski definition) is 6. The summed E-state index contributed by atoms with van der Waals surface area (Å²) < 4.78 is 26.3. The number of amides is 3. The van der Waals surface area contributed by atoms with Gasteiger partial charge in [0.15, 0.2) is 0 Å². The lowest BCUT2D eigenvalue weighted by Crippen LogP contribution is -2.43. The number of sulfonamides is 1. The number of benzene rings is 2. The quantitative estimate of drug-likeness (QED) is 0.474. The van der Waals surface area contributed by atoms with Crippen molar-refractivity contribution < 1.29 is 27.9 Å². The monoisotopic (exact) mass is 569 g/mol. The molecule has 0 unspecified atom stereocenters. The third-order valence-electron chi connectivity index (χ3n) is 5.51. The summed E-state index contributed by atoms with van der Waals surface area (Å²) in [6, 6.07) is 10.9. The van der Waals surface area contributed by atoms with Crippen LogP contribution in [0.5, 0.6) is 0 Å². The maximum Gasteiger partial charge on any atom is 0.413 e. The van der Waals surface area contributed by atoms with Crippen LogP contribution >= 0.6 is 23.2 Å². The molecule has 3 rings (SSSR count). The highest BCUT2D eigenvalue weighted by Gasteiger charge is 2.26. The van der Waals surface area contributed by atoms with E-state index in [9.17, 15) is 27.9 Å². The van der Waals surface area contributed by atoms with Crippen molar-refractivity contribution in [2.75, 3.05) is 40.3 Å². The maximum absolute atomic E-state index is 12.7. The molecule has 0 spiro atoms. The number of hydrogen-bond donors (Lipinski definition) is 2. The second kappa shape index (κ2) is 11.9. The molecule has 0 fully saturated rings. The standard InChI is InChI=1S/C23H25Cl2N5O6S/c1-28(13-15-3-5-16(6-4-15)22-26-9-10-30(22)23(33)34)21(32)12-27-20(31)14-29(2)37(35,36)19-8-7-17(24)11-18(19)25/h3-8,11H,9-10,12-14H2,1-2H3,(H,27,31)(H,33,34). The summed E-state index contributed by atoms with van der Waals surface area (Å²) in [6.45, 7) is 0.118. The average Bonchev–Trinajstić information content (AvgIpc) is 3.33. The number of halogens is 2. The smallest absolute Gasteiger partial charge is 0.413 e. The summed E-state index contributed by atoms with van der Waals surface area (Å²) in [7, 11) is -1.26. The Morgan fingerprint density at radius 3 is 2.41 bits per heavy atom. The van der Waals surface area contributed by atoms with Gasteiger partial charge in [-0.15, -0.1) is 0 Å². The predicted octanol–water partition coefficient (Wildman–Crippen LogP) is 2.13. The Morgan fingerprint density at radius 2 is 1.78 bits per heavy atom. The van der Waals surface area contributed by atoms with Gasteiger partial charge >= 0.3 is 6.09 Å². The largest absolute Gasteiger partial charge is 0.465 e. The molecular weight excluding hydrogens is 545 g/mol. The number of carbonyl (C=O) groups excluding carboxylic acids is 2. The van der Waals surface area contributed by atoms with Crippen LogP contribution in [0.25, 0.3) is 0 Å². The maximum atomic E-state index is 12.7. The summed E-state index contributed by atoms with van der Waals surface area (Å²) in [6.07, 6.45) is -1.06. The zero-order valence-electron chi connectivity index (χ0n) is 20.0. The lowest BCUT2D eigenvalue weighted by Gasteiger charge is -2.20. The average molecular weight is 570 g/mol. The number of likely N-dealkylation sites (N-methyl/N-ethyl adjacent to an activating group) is 2. The van der Waals surface area contributed by atoms with Crippen LogP contribution in [0.1, 0.15) is 11.1 Å². The normalized spacial score (nSPS) is 13.4. The highest BCUT2D eigenvalue weighted by molar-refractivity contribution is 7.89. The van der Waals surface area contributed by atoms with E-state index in [0.717, 1.165) is 9.87 Å². The Kier molecular flexibility index (Phi) is 9.13. The molecule has 2 aromatic carbocycles. The van der Waals surface area contributed by atoms with Crippen molar-refractivity contribution in [2.24, 2.45) is 4.99 Å². The summed E-state index contributed by atoms with van der Waals surface area (Å²) in [5.74, 6) is -0.667. The summed E-state index contributed by atoms with van der Waals surface area (Å²) >= 11 is 11.8. The van der Waals surface area contributed by atoms with Gasteiger partial charge in [-0.1, -0.05) is 47.5 Å². The van der Waals surface area contributed by atoms with Crippen LogP contribution in [0.3, 0.4) is 0 Å². The molecule has 3 amide bonds. The number of carboxylic acid groups (broad SMARTS) is 1. The topological polar surface area (TPSA) is 140 Å². The number of amidine groups is 1. The molecule has 1 aliphatic rings. The first-order valence-corrected chi connectivity index (χ1v) is 13.2. The summed E-state index contributed by atoms with van der Waals surface area (Å²) in [5.41, 5.74) is 1.45. The number of rotatable bonds is 9. The van der Waals surface area contributed by atoms with E-state index in [2.05, 4.69) is 10.3 Å². The molecule has 0 aromatic heterocycles. The summed E-state index contributed by atoms with van der Waals surface area (Å²) in [5, 5.41) is 11.9. The van der Waals surface area contributed by atoms with E-state index < -0.39 is 28.6 Å². The molecule has 0 saturated carbocycles. The van der Waals surface area contributed by atoms with E-state index in [4.69, 9.17) is 23.2 Å². The molecule has 0 saturated heterocycles. The first kappa shape index (κ1) is 28.4. The van der Waals surface area contributed by atoms with Gasteiger partial charge in [0.25, 0.3) is 0 Å². The molecule has 2 aromatic rings. The first-order valence-electron chi connectivity index (χ1n) is 11.0. The Hall–Kier alpha value is -3.19. The molecule has 198 valence electrons. The van der Waals surface area contributed by atoms with Crippen LogP contribution in [0.4, 0.5) is 4.79 Å².